The van der Waals surface area contributed by atoms with Crippen molar-refractivity contribution in [2.45, 2.75) is 26.0 Å². The Kier molecular flexibility index (Phi) is 5.85. The summed E-state index contributed by atoms with van der Waals surface area (Å²) in [5, 5.41) is 17.7. The van der Waals surface area contributed by atoms with Crippen molar-refractivity contribution in [3.8, 4) is 11.4 Å². The number of rotatable bonds is 6. The van der Waals surface area contributed by atoms with Crippen LogP contribution in [0.3, 0.4) is 0 Å². The number of benzene rings is 2. The maximum atomic E-state index is 12.8. The summed E-state index contributed by atoms with van der Waals surface area (Å²) in [7, 11) is 0. The lowest BCUT2D eigenvalue weighted by atomic mass is 10.1. The lowest BCUT2D eigenvalue weighted by Crippen LogP contribution is -2.20. The molecular formula is C25H25ClN6O2. The lowest BCUT2D eigenvalue weighted by Gasteiger charge is -2.15. The molecular weight excluding hydrogens is 452 g/mol. The van der Waals surface area contributed by atoms with Gasteiger partial charge < -0.3 is 25.7 Å². The molecule has 0 bridgehead atoms. The van der Waals surface area contributed by atoms with Gasteiger partial charge in [0.2, 0.25) is 0 Å². The molecule has 9 heteroatoms. The molecule has 2 aromatic carbocycles. The Morgan fingerprint density at radius 1 is 1.26 bits per heavy atom. The quantitative estimate of drug-likeness (QED) is 0.290. The second-order valence-electron chi connectivity index (χ2n) is 8.53. The second kappa shape index (κ2) is 8.96. The van der Waals surface area contributed by atoms with Gasteiger partial charge in [-0.05, 0) is 55.3 Å². The highest BCUT2D eigenvalue weighted by atomic mass is 35.5. The van der Waals surface area contributed by atoms with Gasteiger partial charge in [0.15, 0.2) is 0 Å². The van der Waals surface area contributed by atoms with E-state index in [0.29, 0.717) is 27.7 Å². The molecule has 174 valence electrons. The van der Waals surface area contributed by atoms with Crippen LogP contribution in [-0.2, 0) is 0 Å². The number of pyridine rings is 1. The zero-order valence-electron chi connectivity index (χ0n) is 18.8. The van der Waals surface area contributed by atoms with Gasteiger partial charge in [0.1, 0.15) is 17.2 Å². The average molecular weight is 477 g/mol. The van der Waals surface area contributed by atoms with Crippen LogP contribution >= 0.6 is 11.6 Å². The van der Waals surface area contributed by atoms with E-state index < -0.39 is 6.10 Å². The van der Waals surface area contributed by atoms with Gasteiger partial charge in [-0.1, -0.05) is 23.7 Å². The van der Waals surface area contributed by atoms with E-state index in [4.69, 9.17) is 16.6 Å². The van der Waals surface area contributed by atoms with Gasteiger partial charge in [0, 0.05) is 29.9 Å². The molecule has 0 radical (unpaired) electrons. The highest BCUT2D eigenvalue weighted by molar-refractivity contribution is 6.30. The normalized spacial score (nSPS) is 16.4. The van der Waals surface area contributed by atoms with Crippen LogP contribution in [0.15, 0.2) is 58.4 Å². The topological polar surface area (TPSA) is 118 Å². The van der Waals surface area contributed by atoms with Crippen molar-refractivity contribution < 1.29 is 5.11 Å². The molecule has 5 rings (SSSR count). The van der Waals surface area contributed by atoms with Crippen molar-refractivity contribution in [2.24, 2.45) is 4.99 Å². The number of aliphatic imine (C=N–C) groups is 1. The minimum absolute atomic E-state index is 0.198. The van der Waals surface area contributed by atoms with Crippen LogP contribution in [0.4, 0.5) is 5.69 Å². The Hall–Kier alpha value is -3.62. The van der Waals surface area contributed by atoms with E-state index in [1.165, 1.54) is 0 Å². The van der Waals surface area contributed by atoms with Gasteiger partial charge in [0.25, 0.3) is 5.56 Å². The molecule has 5 N–H and O–H groups in total. The fraction of sp³-hybridized carbons (Fsp3) is 0.240. The third-order valence-electron chi connectivity index (χ3n) is 5.88. The minimum atomic E-state index is -0.798. The first-order chi connectivity index (χ1) is 16.4. The number of aliphatic hydroxyl groups is 1. The number of amidine groups is 1. The van der Waals surface area contributed by atoms with Gasteiger partial charge in [-0.3, -0.25) is 9.79 Å². The maximum absolute atomic E-state index is 12.8. The van der Waals surface area contributed by atoms with Crippen LogP contribution in [0, 0.1) is 6.92 Å². The second-order valence-corrected chi connectivity index (χ2v) is 8.97. The van der Waals surface area contributed by atoms with E-state index in [9.17, 15) is 9.90 Å². The zero-order valence-corrected chi connectivity index (χ0v) is 19.6. The van der Waals surface area contributed by atoms with E-state index in [-0.39, 0.29) is 18.1 Å². The molecule has 0 saturated heterocycles. The molecule has 0 aliphatic carbocycles. The fourth-order valence-electron chi connectivity index (χ4n) is 4.18. The van der Waals surface area contributed by atoms with Crippen molar-refractivity contribution in [1.29, 1.82) is 0 Å². The molecule has 3 heterocycles. The van der Waals surface area contributed by atoms with E-state index in [2.05, 4.69) is 32.5 Å². The summed E-state index contributed by atoms with van der Waals surface area (Å²) in [6, 6.07) is 13.1. The lowest BCUT2D eigenvalue weighted by molar-refractivity contribution is 0.191. The Balaban J connectivity index is 1.48. The summed E-state index contributed by atoms with van der Waals surface area (Å²) in [5.41, 5.74) is 4.93. The van der Waals surface area contributed by atoms with Gasteiger partial charge in [0.05, 0.1) is 28.9 Å². The summed E-state index contributed by atoms with van der Waals surface area (Å²) < 4.78 is 0. The van der Waals surface area contributed by atoms with Gasteiger partial charge >= 0.3 is 0 Å². The fourth-order valence-corrected chi connectivity index (χ4v) is 4.38. The highest BCUT2D eigenvalue weighted by Gasteiger charge is 2.19. The van der Waals surface area contributed by atoms with Crippen LogP contribution in [0.25, 0.3) is 22.4 Å². The first kappa shape index (κ1) is 22.2. The Morgan fingerprint density at radius 2 is 2.12 bits per heavy atom. The monoisotopic (exact) mass is 476 g/mol. The molecule has 34 heavy (non-hydrogen) atoms. The zero-order chi connectivity index (χ0) is 23.8. The Bertz CT molecular complexity index is 1460. The molecule has 1 aliphatic heterocycles. The Labute approximate surface area is 201 Å². The first-order valence-electron chi connectivity index (χ1n) is 11.1. The molecule has 0 fully saturated rings. The number of fused-ring (bicyclic) bond motifs is 1. The number of aliphatic hydroxyl groups excluding tert-OH is 1. The van der Waals surface area contributed by atoms with E-state index >= 15 is 0 Å². The smallest absolute Gasteiger partial charge is 0.261 e. The molecule has 0 amide bonds. The van der Waals surface area contributed by atoms with Crippen molar-refractivity contribution >= 4 is 34.2 Å². The van der Waals surface area contributed by atoms with Crippen LogP contribution in [0.1, 0.15) is 29.7 Å². The maximum Gasteiger partial charge on any atom is 0.261 e. The van der Waals surface area contributed by atoms with Gasteiger partial charge in [-0.2, -0.15) is 0 Å². The predicted molar refractivity (Wildman–Crippen MR) is 136 cm³/mol. The predicted octanol–water partition coefficient (Wildman–Crippen LogP) is 3.76. The Morgan fingerprint density at radius 3 is 2.88 bits per heavy atom. The number of H-pyrrole nitrogens is 2. The van der Waals surface area contributed by atoms with E-state index in [1.807, 2.05) is 19.1 Å². The van der Waals surface area contributed by atoms with Crippen LogP contribution in [0.5, 0.6) is 0 Å². The van der Waals surface area contributed by atoms with Crippen molar-refractivity contribution in [3.63, 3.8) is 0 Å². The summed E-state index contributed by atoms with van der Waals surface area (Å²) in [6.45, 7) is 5.07. The summed E-state index contributed by atoms with van der Waals surface area (Å²) in [6.07, 6.45) is 0.769. The van der Waals surface area contributed by atoms with E-state index in [0.717, 1.165) is 34.5 Å². The number of imidazole rings is 1. The number of nitrogens with zero attached hydrogens (tertiary/aromatic N) is 2. The number of hydrogen-bond acceptors (Lipinski definition) is 6. The molecule has 8 nitrogen and oxygen atoms in total. The van der Waals surface area contributed by atoms with Crippen molar-refractivity contribution in [1.82, 2.24) is 20.3 Å². The molecule has 0 saturated carbocycles. The highest BCUT2D eigenvalue weighted by Crippen LogP contribution is 2.28. The van der Waals surface area contributed by atoms with Crippen molar-refractivity contribution in [3.05, 3.63) is 80.7 Å². The first-order valence-corrected chi connectivity index (χ1v) is 11.5. The number of hydrogen-bond donors (Lipinski definition) is 5. The standard InChI is InChI=1S/C25H25ClN6O2/c1-13-8-16(23-29-11-14(2)30-23)10-19-22(13)32-24(31-19)21-18(6-7-27-25(21)34)28-12-20(33)15-4-3-5-17(26)9-15/h3-10,14,20,33H,11-12H2,1-2H3,(H,29,30)(H,31,32)(H2,27,28,34)/t14-,20?/m0/s1. The summed E-state index contributed by atoms with van der Waals surface area (Å²) >= 11 is 6.04. The van der Waals surface area contributed by atoms with Gasteiger partial charge in [-0.25, -0.2) is 4.98 Å². The number of aryl methyl sites for hydroxylation is 1. The minimum Gasteiger partial charge on any atom is -0.387 e. The third kappa shape index (κ3) is 4.30. The third-order valence-corrected chi connectivity index (χ3v) is 6.12. The summed E-state index contributed by atoms with van der Waals surface area (Å²) in [4.78, 5) is 28.2. The van der Waals surface area contributed by atoms with Crippen molar-refractivity contribution in [2.75, 3.05) is 18.4 Å². The number of aromatic amines is 2. The van der Waals surface area contributed by atoms with Gasteiger partial charge in [-0.15, -0.1) is 0 Å². The SMILES string of the molecule is Cc1cc(C2=N[C@@H](C)CN2)cc2[nH]c(-c3c(NCC(O)c4cccc(Cl)c4)cc[nH]c3=O)nc12. The molecule has 1 unspecified atom stereocenters. The number of anilines is 1. The molecule has 2 aromatic heterocycles. The van der Waals surface area contributed by atoms with E-state index in [1.54, 1.807) is 36.5 Å². The molecule has 1 aliphatic rings. The number of nitrogens with one attached hydrogen (secondary N) is 4. The summed E-state index contributed by atoms with van der Waals surface area (Å²) in [5.74, 6) is 1.31. The van der Waals surface area contributed by atoms with Crippen LogP contribution in [0.2, 0.25) is 5.02 Å². The number of halogens is 1. The molecule has 2 atom stereocenters. The number of aromatic nitrogens is 3. The molecule has 0 spiro atoms. The largest absolute Gasteiger partial charge is 0.387 e. The van der Waals surface area contributed by atoms with Crippen LogP contribution < -0.4 is 16.2 Å². The molecule has 4 aromatic rings. The van der Waals surface area contributed by atoms with Crippen LogP contribution in [-0.4, -0.2) is 45.0 Å². The average Bonchev–Trinajstić information content (AvgIpc) is 3.44.